The number of hydrogen-bond acceptors (Lipinski definition) is 6. The van der Waals surface area contributed by atoms with Gasteiger partial charge in [0.05, 0.1) is 22.6 Å². The number of carboxylic acids is 1. The summed E-state index contributed by atoms with van der Waals surface area (Å²) in [4.78, 5) is 36.6. The van der Waals surface area contributed by atoms with Crippen LogP contribution in [0.5, 0.6) is 0 Å². The van der Waals surface area contributed by atoms with Crippen LogP contribution < -0.4 is 15.8 Å². The van der Waals surface area contributed by atoms with Gasteiger partial charge in [0, 0.05) is 25.7 Å². The van der Waals surface area contributed by atoms with Crippen molar-refractivity contribution >= 4 is 40.1 Å². The summed E-state index contributed by atoms with van der Waals surface area (Å²) in [7, 11) is 1.81. The Morgan fingerprint density at radius 1 is 1.19 bits per heavy atom. The van der Waals surface area contributed by atoms with E-state index in [9.17, 15) is 14.7 Å². The minimum Gasteiger partial charge on any atom is -0.476 e. The van der Waals surface area contributed by atoms with Gasteiger partial charge in [-0.05, 0) is 80.5 Å². The van der Waals surface area contributed by atoms with Crippen LogP contribution in [0, 0.1) is 24.2 Å². The molecule has 0 bridgehead atoms. The van der Waals surface area contributed by atoms with Crippen LogP contribution in [0.3, 0.4) is 0 Å². The van der Waals surface area contributed by atoms with Crippen molar-refractivity contribution in [2.45, 2.75) is 45.6 Å². The Hall–Kier alpha value is -3.13. The van der Waals surface area contributed by atoms with E-state index in [0.29, 0.717) is 39.8 Å². The summed E-state index contributed by atoms with van der Waals surface area (Å²) in [5, 5.41) is 13.5. The predicted octanol–water partition coefficient (Wildman–Crippen LogP) is 4.79. The number of fused-ring (bicyclic) bond motifs is 2. The number of carboxylic acid groups (broad SMARTS) is 1. The topological polar surface area (TPSA) is 100 Å². The average Bonchev–Trinajstić information content (AvgIpc) is 3.34. The van der Waals surface area contributed by atoms with E-state index in [2.05, 4.69) is 15.2 Å². The van der Waals surface area contributed by atoms with Crippen LogP contribution >= 0.6 is 11.6 Å². The summed E-state index contributed by atoms with van der Waals surface area (Å²) in [6, 6.07) is 6.73. The number of anilines is 2. The number of nitrogens with zero attached hydrogens (tertiary/aromatic N) is 4. The molecule has 0 amide bonds. The van der Waals surface area contributed by atoms with Crippen LogP contribution in [0.15, 0.2) is 29.1 Å². The van der Waals surface area contributed by atoms with Crippen molar-refractivity contribution in [3.05, 3.63) is 56.6 Å². The fourth-order valence-corrected chi connectivity index (χ4v) is 6.67. The van der Waals surface area contributed by atoms with Gasteiger partial charge in [0.1, 0.15) is 5.15 Å². The molecule has 3 atom stereocenters. The molecule has 1 saturated heterocycles. The second-order valence-corrected chi connectivity index (χ2v) is 11.4. The number of hydrogen-bond donors (Lipinski definition) is 2. The maximum atomic E-state index is 13.5. The SMILES string of the molecule is Cc1cc([C@@H](C)Nc2ccc(Cl)nc2C(=O)O)c2nc(N3C[C@@H]4CC5(CC5)C[C@@H]4C3)n(C)c(=O)c2c1. The third kappa shape index (κ3) is 3.82. The summed E-state index contributed by atoms with van der Waals surface area (Å²) < 4.78 is 1.68. The Morgan fingerprint density at radius 2 is 1.89 bits per heavy atom. The number of benzene rings is 1. The Labute approximate surface area is 214 Å². The smallest absolute Gasteiger partial charge is 0.356 e. The molecular weight excluding hydrogens is 478 g/mol. The molecule has 2 aliphatic carbocycles. The minimum absolute atomic E-state index is 0.0674. The van der Waals surface area contributed by atoms with Crippen molar-refractivity contribution in [3.63, 3.8) is 0 Å². The molecule has 3 aliphatic rings. The van der Waals surface area contributed by atoms with E-state index in [-0.39, 0.29) is 22.4 Å². The summed E-state index contributed by atoms with van der Waals surface area (Å²) in [6.07, 6.45) is 5.38. The Morgan fingerprint density at radius 3 is 2.53 bits per heavy atom. The fraction of sp³-hybridized carbons (Fsp3) is 0.481. The lowest BCUT2D eigenvalue weighted by atomic mass is 10.0. The molecule has 2 saturated carbocycles. The molecule has 3 fully saturated rings. The van der Waals surface area contributed by atoms with Crippen molar-refractivity contribution in [2.75, 3.05) is 23.3 Å². The number of aromatic carboxylic acids is 1. The van der Waals surface area contributed by atoms with Crippen LogP contribution in [-0.2, 0) is 7.05 Å². The maximum Gasteiger partial charge on any atom is 0.356 e. The number of halogens is 1. The normalized spacial score (nSPS) is 22.7. The van der Waals surface area contributed by atoms with E-state index in [1.165, 1.54) is 25.7 Å². The highest BCUT2D eigenvalue weighted by Gasteiger charge is 2.55. The molecule has 3 aromatic rings. The maximum absolute atomic E-state index is 13.5. The van der Waals surface area contributed by atoms with Gasteiger partial charge in [0.15, 0.2) is 5.69 Å². The van der Waals surface area contributed by atoms with Gasteiger partial charge in [-0.15, -0.1) is 0 Å². The molecule has 1 spiro atoms. The van der Waals surface area contributed by atoms with Crippen molar-refractivity contribution in [2.24, 2.45) is 24.3 Å². The molecular formula is C27H30ClN5O3. The van der Waals surface area contributed by atoms with Crippen molar-refractivity contribution in [3.8, 4) is 0 Å². The van der Waals surface area contributed by atoms with Gasteiger partial charge >= 0.3 is 5.97 Å². The number of nitrogens with one attached hydrogen (secondary N) is 1. The Bertz CT molecular complexity index is 1450. The minimum atomic E-state index is -1.16. The highest BCUT2D eigenvalue weighted by atomic mass is 35.5. The number of carbonyl (C=O) groups is 1. The zero-order chi connectivity index (χ0) is 25.4. The van der Waals surface area contributed by atoms with Gasteiger partial charge in [0.2, 0.25) is 5.95 Å². The van der Waals surface area contributed by atoms with Crippen LogP contribution in [0.4, 0.5) is 11.6 Å². The molecule has 1 aromatic carbocycles. The monoisotopic (exact) mass is 507 g/mol. The summed E-state index contributed by atoms with van der Waals surface area (Å²) in [5.41, 5.74) is 3.20. The third-order valence-corrected chi connectivity index (χ3v) is 8.65. The largest absolute Gasteiger partial charge is 0.476 e. The average molecular weight is 508 g/mol. The number of rotatable bonds is 5. The van der Waals surface area contributed by atoms with Crippen LogP contribution in [0.1, 0.15) is 60.3 Å². The van der Waals surface area contributed by atoms with Gasteiger partial charge < -0.3 is 15.3 Å². The molecule has 2 aromatic heterocycles. The first-order chi connectivity index (χ1) is 17.1. The van der Waals surface area contributed by atoms with E-state index >= 15 is 0 Å². The van der Waals surface area contributed by atoms with E-state index < -0.39 is 5.97 Å². The lowest BCUT2D eigenvalue weighted by molar-refractivity contribution is 0.0691. The molecule has 0 unspecified atom stereocenters. The Kier molecular flexibility index (Phi) is 5.30. The second kappa shape index (κ2) is 8.20. The Balaban J connectivity index is 1.38. The molecule has 9 heteroatoms. The molecule has 2 N–H and O–H groups in total. The molecule has 3 heterocycles. The van der Waals surface area contributed by atoms with E-state index in [1.54, 1.807) is 16.7 Å². The standard InChI is InChI=1S/C27H30ClN5O3/c1-14-8-18(15(2)29-20-4-5-21(28)30-23(20)25(35)36)22-19(9-14)24(34)32(3)26(31-22)33-12-16-10-27(6-7-27)11-17(16)13-33/h4-5,8-9,15-17,29H,6-7,10-13H2,1-3H3,(H,35,36)/t15-,16-,17+/m1/s1. The molecule has 188 valence electrons. The van der Waals surface area contributed by atoms with Crippen molar-refractivity contribution in [1.82, 2.24) is 14.5 Å². The first kappa shape index (κ1) is 23.3. The van der Waals surface area contributed by atoms with E-state index in [1.807, 2.05) is 33.0 Å². The third-order valence-electron chi connectivity index (χ3n) is 8.44. The zero-order valence-electron chi connectivity index (χ0n) is 20.7. The van der Waals surface area contributed by atoms with Gasteiger partial charge in [-0.25, -0.2) is 14.8 Å². The molecule has 8 nitrogen and oxygen atoms in total. The summed E-state index contributed by atoms with van der Waals surface area (Å²) >= 11 is 5.93. The summed E-state index contributed by atoms with van der Waals surface area (Å²) in [6.45, 7) is 5.78. The molecule has 6 rings (SSSR count). The van der Waals surface area contributed by atoms with E-state index in [0.717, 1.165) is 24.2 Å². The van der Waals surface area contributed by atoms with Gasteiger partial charge in [0.25, 0.3) is 5.56 Å². The fourth-order valence-electron chi connectivity index (χ4n) is 6.53. The lowest BCUT2D eigenvalue weighted by Crippen LogP contribution is -2.31. The lowest BCUT2D eigenvalue weighted by Gasteiger charge is -2.24. The van der Waals surface area contributed by atoms with Gasteiger partial charge in [-0.2, -0.15) is 0 Å². The molecule has 0 radical (unpaired) electrons. The zero-order valence-corrected chi connectivity index (χ0v) is 21.5. The van der Waals surface area contributed by atoms with Crippen molar-refractivity contribution in [1.29, 1.82) is 0 Å². The molecule has 36 heavy (non-hydrogen) atoms. The number of pyridine rings is 1. The van der Waals surface area contributed by atoms with Gasteiger partial charge in [-0.1, -0.05) is 17.7 Å². The summed E-state index contributed by atoms with van der Waals surface area (Å²) in [5.74, 6) is 0.918. The number of aromatic nitrogens is 3. The van der Waals surface area contributed by atoms with E-state index in [4.69, 9.17) is 16.6 Å². The highest BCUT2D eigenvalue weighted by Crippen LogP contribution is 2.63. The van der Waals surface area contributed by atoms with Crippen molar-refractivity contribution < 1.29 is 9.90 Å². The first-order valence-electron chi connectivity index (χ1n) is 12.6. The quantitative estimate of drug-likeness (QED) is 0.479. The predicted molar refractivity (Wildman–Crippen MR) is 140 cm³/mol. The number of aryl methyl sites for hydroxylation is 1. The highest BCUT2D eigenvalue weighted by molar-refractivity contribution is 6.29. The van der Waals surface area contributed by atoms with Crippen LogP contribution in [0.25, 0.3) is 10.9 Å². The van der Waals surface area contributed by atoms with Gasteiger partial charge in [-0.3, -0.25) is 9.36 Å². The second-order valence-electron chi connectivity index (χ2n) is 11.1. The van der Waals surface area contributed by atoms with Crippen LogP contribution in [0.2, 0.25) is 5.15 Å². The molecule has 1 aliphatic heterocycles. The van der Waals surface area contributed by atoms with Crippen LogP contribution in [-0.4, -0.2) is 38.7 Å². The first-order valence-corrected chi connectivity index (χ1v) is 12.9.